The fraction of sp³-hybridized carbons (Fsp3) is 0.214. The van der Waals surface area contributed by atoms with Crippen LogP contribution in [0, 0.1) is 6.92 Å². The highest BCUT2D eigenvalue weighted by molar-refractivity contribution is 5.91. The zero-order valence-corrected chi connectivity index (χ0v) is 11.0. The van der Waals surface area contributed by atoms with Crippen LogP contribution in [0.25, 0.3) is 5.69 Å². The van der Waals surface area contributed by atoms with Crippen molar-refractivity contribution in [2.45, 2.75) is 13.8 Å². The number of aryl methyl sites for hydroxylation is 1. The Morgan fingerprint density at radius 1 is 1.32 bits per heavy atom. The number of nitrogens with zero attached hydrogens (tertiary/aromatic N) is 2. The van der Waals surface area contributed by atoms with Crippen LogP contribution >= 0.6 is 0 Å². The van der Waals surface area contributed by atoms with E-state index >= 15 is 0 Å². The van der Waals surface area contributed by atoms with Crippen molar-refractivity contribution in [2.75, 3.05) is 7.11 Å². The zero-order chi connectivity index (χ0) is 14.0. The van der Waals surface area contributed by atoms with Crippen LogP contribution in [0.15, 0.2) is 35.1 Å². The Bertz CT molecular complexity index is 689. The maximum absolute atomic E-state index is 11.7. The SMILES string of the molecule is COc1cccc(-n2nc(C(C)=O)c(=O)cc2C)c1. The average Bonchev–Trinajstić information content (AvgIpc) is 2.38. The van der Waals surface area contributed by atoms with Gasteiger partial charge in [-0.2, -0.15) is 5.10 Å². The van der Waals surface area contributed by atoms with Crippen LogP contribution in [0.5, 0.6) is 5.75 Å². The molecule has 5 nitrogen and oxygen atoms in total. The molecule has 2 rings (SSSR count). The second kappa shape index (κ2) is 5.06. The molecule has 0 saturated carbocycles. The van der Waals surface area contributed by atoms with Gasteiger partial charge in [0.2, 0.25) is 5.43 Å². The molecule has 5 heteroatoms. The second-order valence-electron chi connectivity index (χ2n) is 4.17. The molecule has 0 unspecified atom stereocenters. The molecular weight excluding hydrogens is 244 g/mol. The van der Waals surface area contributed by atoms with Crippen molar-refractivity contribution in [2.24, 2.45) is 0 Å². The highest BCUT2D eigenvalue weighted by Crippen LogP contribution is 2.16. The molecule has 0 N–H and O–H groups in total. The number of ketones is 1. The molecular formula is C14H14N2O3. The molecule has 0 radical (unpaired) electrons. The highest BCUT2D eigenvalue weighted by Gasteiger charge is 2.11. The minimum absolute atomic E-state index is 0.0616. The molecule has 1 aromatic heterocycles. The van der Waals surface area contributed by atoms with Gasteiger partial charge in [-0.1, -0.05) is 6.07 Å². The third kappa shape index (κ3) is 2.54. The van der Waals surface area contributed by atoms with Gasteiger partial charge in [-0.3, -0.25) is 9.59 Å². The first kappa shape index (κ1) is 13.0. The van der Waals surface area contributed by atoms with Gasteiger partial charge in [-0.25, -0.2) is 4.68 Å². The molecule has 0 bridgehead atoms. The molecule has 0 atom stereocenters. The topological polar surface area (TPSA) is 61.2 Å². The number of aromatic nitrogens is 2. The first-order valence-corrected chi connectivity index (χ1v) is 5.79. The van der Waals surface area contributed by atoms with E-state index in [-0.39, 0.29) is 16.9 Å². The molecule has 0 fully saturated rings. The van der Waals surface area contributed by atoms with E-state index in [0.717, 1.165) is 5.69 Å². The molecule has 1 aromatic carbocycles. The maximum Gasteiger partial charge on any atom is 0.211 e. The van der Waals surface area contributed by atoms with Gasteiger partial charge in [0.15, 0.2) is 11.5 Å². The Labute approximate surface area is 110 Å². The van der Waals surface area contributed by atoms with Crippen LogP contribution in [0.1, 0.15) is 23.1 Å². The summed E-state index contributed by atoms with van der Waals surface area (Å²) in [5.41, 5.74) is 0.972. The van der Waals surface area contributed by atoms with Crippen molar-refractivity contribution >= 4 is 5.78 Å². The van der Waals surface area contributed by atoms with Crippen LogP contribution in [-0.2, 0) is 0 Å². The largest absolute Gasteiger partial charge is 0.497 e. The highest BCUT2D eigenvalue weighted by atomic mass is 16.5. The van der Waals surface area contributed by atoms with Gasteiger partial charge in [0.1, 0.15) is 5.75 Å². The number of hydrogen-bond acceptors (Lipinski definition) is 4. The molecule has 0 aliphatic carbocycles. The van der Waals surface area contributed by atoms with Crippen molar-refractivity contribution in [3.63, 3.8) is 0 Å². The van der Waals surface area contributed by atoms with Gasteiger partial charge >= 0.3 is 0 Å². The summed E-state index contributed by atoms with van der Waals surface area (Å²) in [4.78, 5) is 23.1. The predicted molar refractivity (Wildman–Crippen MR) is 71.1 cm³/mol. The zero-order valence-electron chi connectivity index (χ0n) is 11.0. The van der Waals surface area contributed by atoms with Crippen molar-refractivity contribution in [3.8, 4) is 11.4 Å². The Kier molecular flexibility index (Phi) is 3.46. The van der Waals surface area contributed by atoms with E-state index in [0.29, 0.717) is 11.4 Å². The molecule has 0 saturated heterocycles. The minimum atomic E-state index is -0.357. The Morgan fingerprint density at radius 3 is 2.68 bits per heavy atom. The lowest BCUT2D eigenvalue weighted by Crippen LogP contribution is -2.21. The summed E-state index contributed by atoms with van der Waals surface area (Å²) in [5, 5.41) is 4.12. The van der Waals surface area contributed by atoms with Crippen LogP contribution < -0.4 is 10.2 Å². The fourth-order valence-corrected chi connectivity index (χ4v) is 1.79. The molecule has 0 aliphatic rings. The van der Waals surface area contributed by atoms with Crippen LogP contribution in [0.3, 0.4) is 0 Å². The summed E-state index contributed by atoms with van der Waals surface area (Å²) in [6.07, 6.45) is 0. The quantitative estimate of drug-likeness (QED) is 0.787. The standard InChI is InChI=1S/C14H14N2O3/c1-9-7-13(18)14(10(2)17)15-16(9)11-5-4-6-12(8-11)19-3/h4-8H,1-3H3. The lowest BCUT2D eigenvalue weighted by molar-refractivity contribution is 0.101. The normalized spacial score (nSPS) is 10.3. The van der Waals surface area contributed by atoms with Gasteiger partial charge in [0.05, 0.1) is 12.8 Å². The number of hydrogen-bond donors (Lipinski definition) is 0. The Balaban J connectivity index is 2.64. The van der Waals surface area contributed by atoms with E-state index in [9.17, 15) is 9.59 Å². The lowest BCUT2D eigenvalue weighted by Gasteiger charge is -2.11. The predicted octanol–water partition coefficient (Wildman–Crippen LogP) is 1.75. The molecule has 1 heterocycles. The third-order valence-corrected chi connectivity index (χ3v) is 2.74. The molecule has 0 spiro atoms. The number of ether oxygens (including phenoxy) is 1. The smallest absolute Gasteiger partial charge is 0.211 e. The Hall–Kier alpha value is -2.43. The third-order valence-electron chi connectivity index (χ3n) is 2.74. The van der Waals surface area contributed by atoms with E-state index in [1.807, 2.05) is 18.2 Å². The summed E-state index contributed by atoms with van der Waals surface area (Å²) in [6, 6.07) is 8.66. The monoisotopic (exact) mass is 258 g/mol. The van der Waals surface area contributed by atoms with Crippen molar-refractivity contribution < 1.29 is 9.53 Å². The van der Waals surface area contributed by atoms with Crippen molar-refractivity contribution in [1.82, 2.24) is 9.78 Å². The number of benzene rings is 1. The summed E-state index contributed by atoms with van der Waals surface area (Å²) in [5.74, 6) is 0.337. The van der Waals surface area contributed by atoms with Crippen molar-refractivity contribution in [1.29, 1.82) is 0 Å². The molecule has 0 aliphatic heterocycles. The average molecular weight is 258 g/mol. The van der Waals surface area contributed by atoms with E-state index in [2.05, 4.69) is 5.10 Å². The maximum atomic E-state index is 11.7. The number of rotatable bonds is 3. The molecule has 2 aromatic rings. The first-order chi connectivity index (χ1) is 9.02. The molecule has 0 amide bonds. The number of carbonyl (C=O) groups is 1. The van der Waals surface area contributed by atoms with E-state index in [4.69, 9.17) is 4.74 Å². The van der Waals surface area contributed by atoms with Crippen LogP contribution in [0.4, 0.5) is 0 Å². The van der Waals surface area contributed by atoms with Crippen LogP contribution in [-0.4, -0.2) is 22.7 Å². The number of methoxy groups -OCH3 is 1. The van der Waals surface area contributed by atoms with E-state index in [1.165, 1.54) is 13.0 Å². The van der Waals surface area contributed by atoms with Crippen molar-refractivity contribution in [3.05, 3.63) is 51.9 Å². The van der Waals surface area contributed by atoms with E-state index < -0.39 is 0 Å². The van der Waals surface area contributed by atoms with Crippen LogP contribution in [0.2, 0.25) is 0 Å². The van der Waals surface area contributed by atoms with Gasteiger partial charge in [-0.15, -0.1) is 0 Å². The number of Topliss-reactive ketones (excluding diaryl/α,β-unsaturated/α-hetero) is 1. The van der Waals surface area contributed by atoms with Gasteiger partial charge in [0.25, 0.3) is 0 Å². The Morgan fingerprint density at radius 2 is 2.05 bits per heavy atom. The molecule has 19 heavy (non-hydrogen) atoms. The van der Waals surface area contributed by atoms with Gasteiger partial charge in [-0.05, 0) is 19.1 Å². The first-order valence-electron chi connectivity index (χ1n) is 5.79. The molecule has 98 valence electrons. The summed E-state index contributed by atoms with van der Waals surface area (Å²) >= 11 is 0. The summed E-state index contributed by atoms with van der Waals surface area (Å²) < 4.78 is 6.70. The van der Waals surface area contributed by atoms with Gasteiger partial charge in [0, 0.05) is 24.8 Å². The number of carbonyl (C=O) groups excluding carboxylic acids is 1. The summed E-state index contributed by atoms with van der Waals surface area (Å²) in [7, 11) is 1.58. The summed E-state index contributed by atoms with van der Waals surface area (Å²) in [6.45, 7) is 3.09. The van der Waals surface area contributed by atoms with Gasteiger partial charge < -0.3 is 4.74 Å². The fourth-order valence-electron chi connectivity index (χ4n) is 1.79. The second-order valence-corrected chi connectivity index (χ2v) is 4.17. The minimum Gasteiger partial charge on any atom is -0.497 e. The van der Waals surface area contributed by atoms with E-state index in [1.54, 1.807) is 24.8 Å². The lowest BCUT2D eigenvalue weighted by atomic mass is 10.2.